The third-order valence-electron chi connectivity index (χ3n) is 3.35. The van der Waals surface area contributed by atoms with Crippen molar-refractivity contribution in [2.75, 3.05) is 34.4 Å². The van der Waals surface area contributed by atoms with Crippen LogP contribution >= 0.6 is 0 Å². The lowest BCUT2D eigenvalue weighted by Crippen LogP contribution is -2.23. The van der Waals surface area contributed by atoms with Gasteiger partial charge >= 0.3 is 0 Å². The molecule has 1 aromatic carbocycles. The van der Waals surface area contributed by atoms with Crippen LogP contribution in [0.5, 0.6) is 11.5 Å². The van der Waals surface area contributed by atoms with E-state index in [9.17, 15) is 4.79 Å². The zero-order valence-corrected chi connectivity index (χ0v) is 14.8. The SMILES string of the molecule is CCC=C(C)C(=O)NCc1ccc(OCCN(C)C)c(OC)c1. The molecular weight excluding hydrogens is 292 g/mol. The van der Waals surface area contributed by atoms with E-state index < -0.39 is 0 Å². The van der Waals surface area contributed by atoms with Crippen LogP contribution in [0.1, 0.15) is 25.8 Å². The van der Waals surface area contributed by atoms with E-state index in [0.29, 0.717) is 24.7 Å². The molecule has 1 amide bonds. The molecule has 0 atom stereocenters. The van der Waals surface area contributed by atoms with Gasteiger partial charge in [-0.15, -0.1) is 0 Å². The number of carbonyl (C=O) groups is 1. The molecule has 0 aliphatic carbocycles. The first kappa shape index (κ1) is 19.0. The summed E-state index contributed by atoms with van der Waals surface area (Å²) in [6.07, 6.45) is 2.77. The highest BCUT2D eigenvalue weighted by atomic mass is 16.5. The summed E-state index contributed by atoms with van der Waals surface area (Å²) in [4.78, 5) is 14.0. The van der Waals surface area contributed by atoms with Gasteiger partial charge in [-0.2, -0.15) is 0 Å². The van der Waals surface area contributed by atoms with Gasteiger partial charge < -0.3 is 19.7 Å². The van der Waals surface area contributed by atoms with Crippen molar-refractivity contribution in [3.63, 3.8) is 0 Å². The molecule has 0 aliphatic rings. The lowest BCUT2D eigenvalue weighted by molar-refractivity contribution is -0.117. The minimum absolute atomic E-state index is 0.0443. The molecule has 0 radical (unpaired) electrons. The van der Waals surface area contributed by atoms with Crippen molar-refractivity contribution >= 4 is 5.91 Å². The van der Waals surface area contributed by atoms with E-state index >= 15 is 0 Å². The van der Waals surface area contributed by atoms with E-state index in [2.05, 4.69) is 10.2 Å². The Morgan fingerprint density at radius 2 is 2.04 bits per heavy atom. The number of hydrogen-bond acceptors (Lipinski definition) is 4. The highest BCUT2D eigenvalue weighted by Crippen LogP contribution is 2.28. The number of nitrogens with one attached hydrogen (secondary N) is 1. The predicted molar refractivity (Wildman–Crippen MR) is 92.9 cm³/mol. The lowest BCUT2D eigenvalue weighted by Gasteiger charge is -2.14. The van der Waals surface area contributed by atoms with Crippen LogP contribution in [0.25, 0.3) is 0 Å². The number of ether oxygens (including phenoxy) is 2. The van der Waals surface area contributed by atoms with Gasteiger partial charge in [0.05, 0.1) is 7.11 Å². The molecule has 0 aliphatic heterocycles. The molecule has 1 aromatic rings. The van der Waals surface area contributed by atoms with Crippen molar-refractivity contribution in [2.24, 2.45) is 0 Å². The number of rotatable bonds is 9. The summed E-state index contributed by atoms with van der Waals surface area (Å²) in [6, 6.07) is 5.71. The number of methoxy groups -OCH3 is 1. The van der Waals surface area contributed by atoms with Gasteiger partial charge in [0.25, 0.3) is 0 Å². The summed E-state index contributed by atoms with van der Waals surface area (Å²) in [5.74, 6) is 1.35. The van der Waals surface area contributed by atoms with Gasteiger partial charge in [-0.25, -0.2) is 0 Å². The lowest BCUT2D eigenvalue weighted by atomic mass is 10.2. The van der Waals surface area contributed by atoms with Crippen LogP contribution in [-0.4, -0.2) is 45.2 Å². The molecule has 128 valence electrons. The molecule has 0 aromatic heterocycles. The van der Waals surface area contributed by atoms with E-state index in [1.807, 2.05) is 52.2 Å². The second-order valence-electron chi connectivity index (χ2n) is 5.62. The van der Waals surface area contributed by atoms with E-state index in [-0.39, 0.29) is 5.91 Å². The van der Waals surface area contributed by atoms with Gasteiger partial charge in [-0.1, -0.05) is 19.1 Å². The Morgan fingerprint density at radius 3 is 2.65 bits per heavy atom. The molecular formula is C18H28N2O3. The minimum Gasteiger partial charge on any atom is -0.493 e. The topological polar surface area (TPSA) is 50.8 Å². The summed E-state index contributed by atoms with van der Waals surface area (Å²) in [7, 11) is 5.62. The second kappa shape index (κ2) is 9.90. The molecule has 0 fully saturated rings. The normalized spacial score (nSPS) is 11.5. The summed E-state index contributed by atoms with van der Waals surface area (Å²) in [5.41, 5.74) is 1.71. The molecule has 5 nitrogen and oxygen atoms in total. The summed E-state index contributed by atoms with van der Waals surface area (Å²) < 4.78 is 11.1. The van der Waals surface area contributed by atoms with Gasteiger partial charge in [-0.05, 0) is 45.1 Å². The molecule has 0 unspecified atom stereocenters. The Labute approximate surface area is 139 Å². The first-order valence-electron chi connectivity index (χ1n) is 7.87. The Balaban J connectivity index is 2.64. The van der Waals surface area contributed by atoms with E-state index in [0.717, 1.165) is 24.1 Å². The smallest absolute Gasteiger partial charge is 0.246 e. The van der Waals surface area contributed by atoms with Crippen LogP contribution < -0.4 is 14.8 Å². The van der Waals surface area contributed by atoms with Gasteiger partial charge in [0.2, 0.25) is 5.91 Å². The van der Waals surface area contributed by atoms with Crippen molar-refractivity contribution in [2.45, 2.75) is 26.8 Å². The third kappa shape index (κ3) is 6.74. The summed E-state index contributed by atoms with van der Waals surface area (Å²) >= 11 is 0. The van der Waals surface area contributed by atoms with Crippen LogP contribution in [0, 0.1) is 0 Å². The maximum atomic E-state index is 11.9. The monoisotopic (exact) mass is 320 g/mol. The molecule has 1 N–H and O–H groups in total. The van der Waals surface area contributed by atoms with Crippen LogP contribution in [0.4, 0.5) is 0 Å². The fraction of sp³-hybridized carbons (Fsp3) is 0.500. The van der Waals surface area contributed by atoms with E-state index in [4.69, 9.17) is 9.47 Å². The van der Waals surface area contributed by atoms with Crippen molar-refractivity contribution < 1.29 is 14.3 Å². The average Bonchev–Trinajstić information content (AvgIpc) is 2.53. The van der Waals surface area contributed by atoms with Gasteiger partial charge in [-0.3, -0.25) is 4.79 Å². The van der Waals surface area contributed by atoms with Crippen LogP contribution in [0.15, 0.2) is 29.8 Å². The van der Waals surface area contributed by atoms with Gasteiger partial charge in [0.1, 0.15) is 6.61 Å². The minimum atomic E-state index is -0.0443. The molecule has 0 spiro atoms. The zero-order chi connectivity index (χ0) is 17.2. The molecule has 0 saturated carbocycles. The number of nitrogens with zero attached hydrogens (tertiary/aromatic N) is 1. The maximum absolute atomic E-state index is 11.9. The second-order valence-corrected chi connectivity index (χ2v) is 5.62. The molecule has 0 heterocycles. The first-order valence-corrected chi connectivity index (χ1v) is 7.87. The van der Waals surface area contributed by atoms with Crippen molar-refractivity contribution in [1.29, 1.82) is 0 Å². The maximum Gasteiger partial charge on any atom is 0.246 e. The molecule has 1 rings (SSSR count). The fourth-order valence-electron chi connectivity index (χ4n) is 2.00. The molecule has 0 bridgehead atoms. The summed E-state index contributed by atoms with van der Waals surface area (Å²) in [5, 5.41) is 2.90. The number of amides is 1. The van der Waals surface area contributed by atoms with Crippen molar-refractivity contribution in [3.05, 3.63) is 35.4 Å². The first-order chi connectivity index (χ1) is 11.0. The Hall–Kier alpha value is -2.01. The molecule has 0 saturated heterocycles. The molecule has 23 heavy (non-hydrogen) atoms. The number of likely N-dealkylation sites (N-methyl/N-ethyl adjacent to an activating group) is 1. The molecule has 5 heteroatoms. The van der Waals surface area contributed by atoms with Crippen molar-refractivity contribution in [1.82, 2.24) is 10.2 Å². The number of benzene rings is 1. The Kier molecular flexibility index (Phi) is 8.19. The van der Waals surface area contributed by atoms with Crippen LogP contribution in [0.3, 0.4) is 0 Å². The highest BCUT2D eigenvalue weighted by Gasteiger charge is 2.08. The zero-order valence-electron chi connectivity index (χ0n) is 14.8. The van der Waals surface area contributed by atoms with Gasteiger partial charge in [0, 0.05) is 18.7 Å². The average molecular weight is 320 g/mol. The van der Waals surface area contributed by atoms with Gasteiger partial charge in [0.15, 0.2) is 11.5 Å². The standard InChI is InChI=1S/C18H28N2O3/c1-6-7-14(2)18(21)19-13-15-8-9-16(17(12-15)22-5)23-11-10-20(3)4/h7-9,12H,6,10-11,13H2,1-5H3,(H,19,21). The largest absolute Gasteiger partial charge is 0.493 e. The predicted octanol–water partition coefficient (Wildman–Crippen LogP) is 2.61. The number of hydrogen-bond donors (Lipinski definition) is 1. The van der Waals surface area contributed by atoms with Crippen LogP contribution in [-0.2, 0) is 11.3 Å². The summed E-state index contributed by atoms with van der Waals surface area (Å²) in [6.45, 7) is 5.73. The van der Waals surface area contributed by atoms with Crippen molar-refractivity contribution in [3.8, 4) is 11.5 Å². The number of allylic oxidation sites excluding steroid dienone is 1. The van der Waals surface area contributed by atoms with E-state index in [1.165, 1.54) is 0 Å². The highest BCUT2D eigenvalue weighted by molar-refractivity contribution is 5.92. The Morgan fingerprint density at radius 1 is 1.30 bits per heavy atom. The van der Waals surface area contributed by atoms with Crippen LogP contribution in [0.2, 0.25) is 0 Å². The Bertz CT molecular complexity index is 539. The fourth-order valence-corrected chi connectivity index (χ4v) is 2.00. The van der Waals surface area contributed by atoms with E-state index in [1.54, 1.807) is 7.11 Å². The third-order valence-corrected chi connectivity index (χ3v) is 3.35. The number of carbonyl (C=O) groups excluding carboxylic acids is 1. The quantitative estimate of drug-likeness (QED) is 0.711.